The maximum Gasteiger partial charge on any atom is 0.341 e. The fourth-order valence-corrected chi connectivity index (χ4v) is 3.08. The molecule has 3 rings (SSSR count). The van der Waals surface area contributed by atoms with E-state index in [2.05, 4.69) is 14.9 Å². The van der Waals surface area contributed by atoms with E-state index >= 15 is 0 Å². The minimum atomic E-state index is -0.353. The maximum absolute atomic E-state index is 11.7. The van der Waals surface area contributed by atoms with Crippen LogP contribution in [0, 0.1) is 6.92 Å². The lowest BCUT2D eigenvalue weighted by atomic mass is 10.0. The number of imidazole rings is 1. The molecule has 1 saturated heterocycles. The molecule has 2 aromatic rings. The number of rotatable bonds is 4. The number of H-pyrrole nitrogens is 1. The average molecular weight is 303 g/mol. The van der Waals surface area contributed by atoms with Crippen molar-refractivity contribution >= 4 is 5.97 Å². The molecule has 0 amide bonds. The van der Waals surface area contributed by atoms with Crippen molar-refractivity contribution in [2.75, 3.05) is 13.7 Å². The Balaban J connectivity index is 1.77. The minimum absolute atomic E-state index is 0.274. The van der Waals surface area contributed by atoms with Gasteiger partial charge >= 0.3 is 5.97 Å². The van der Waals surface area contributed by atoms with Crippen LogP contribution in [0.2, 0.25) is 0 Å². The first-order valence-corrected chi connectivity index (χ1v) is 7.60. The molecule has 2 aromatic heterocycles. The fourth-order valence-electron chi connectivity index (χ4n) is 3.08. The zero-order valence-electron chi connectivity index (χ0n) is 13.0. The summed E-state index contributed by atoms with van der Waals surface area (Å²) < 4.78 is 10.5. The molecule has 1 aliphatic heterocycles. The summed E-state index contributed by atoms with van der Waals surface area (Å²) in [5.74, 6) is 2.04. The molecule has 0 radical (unpaired) electrons. The number of hydrogen-bond donors (Lipinski definition) is 1. The number of aryl methyl sites for hydroxylation is 1. The highest BCUT2D eigenvalue weighted by atomic mass is 16.5. The Morgan fingerprint density at radius 2 is 2.41 bits per heavy atom. The Bertz CT molecular complexity index is 633. The van der Waals surface area contributed by atoms with E-state index in [0.29, 0.717) is 17.9 Å². The standard InChI is InChI=1S/C16H21N3O3/c1-11-13(16(20)21-2)9-12(22-11)10-19-8-4-3-5-14(19)15-17-6-7-18-15/h6-7,9,14H,3-5,8,10H2,1-2H3,(H,17,18)/t14-/m0/s1. The third kappa shape index (κ3) is 2.92. The van der Waals surface area contributed by atoms with Gasteiger partial charge in [0.1, 0.15) is 22.9 Å². The monoisotopic (exact) mass is 303 g/mol. The number of ether oxygens (including phenoxy) is 1. The number of methoxy groups -OCH3 is 1. The van der Waals surface area contributed by atoms with Crippen LogP contribution in [0.25, 0.3) is 0 Å². The molecule has 118 valence electrons. The SMILES string of the molecule is COC(=O)c1cc(CN2CCCC[C@H]2c2ncc[nH]2)oc1C. The number of aromatic amines is 1. The van der Waals surface area contributed by atoms with Crippen LogP contribution in [0.3, 0.4) is 0 Å². The summed E-state index contributed by atoms with van der Waals surface area (Å²) in [5.41, 5.74) is 0.504. The normalized spacial score (nSPS) is 19.3. The molecule has 3 heterocycles. The van der Waals surface area contributed by atoms with Crippen molar-refractivity contribution in [3.63, 3.8) is 0 Å². The summed E-state index contributed by atoms with van der Waals surface area (Å²) in [6.45, 7) is 3.46. The van der Waals surface area contributed by atoms with Gasteiger partial charge in [-0.3, -0.25) is 4.90 Å². The summed E-state index contributed by atoms with van der Waals surface area (Å²) in [6, 6.07) is 2.06. The van der Waals surface area contributed by atoms with Crippen molar-refractivity contribution in [3.05, 3.63) is 41.4 Å². The van der Waals surface area contributed by atoms with E-state index in [-0.39, 0.29) is 12.0 Å². The number of nitrogens with zero attached hydrogens (tertiary/aromatic N) is 2. The highest BCUT2D eigenvalue weighted by Crippen LogP contribution is 2.30. The highest BCUT2D eigenvalue weighted by Gasteiger charge is 2.27. The zero-order chi connectivity index (χ0) is 15.5. The lowest BCUT2D eigenvalue weighted by molar-refractivity contribution is 0.0599. The van der Waals surface area contributed by atoms with Crippen LogP contribution in [0.1, 0.15) is 53.0 Å². The highest BCUT2D eigenvalue weighted by molar-refractivity contribution is 5.90. The second-order valence-electron chi connectivity index (χ2n) is 5.63. The van der Waals surface area contributed by atoms with E-state index in [0.717, 1.165) is 24.6 Å². The van der Waals surface area contributed by atoms with Crippen LogP contribution >= 0.6 is 0 Å². The molecular weight excluding hydrogens is 282 g/mol. The van der Waals surface area contributed by atoms with Gasteiger partial charge in [0.2, 0.25) is 0 Å². The number of furan rings is 1. The molecule has 1 fully saturated rings. The number of carbonyl (C=O) groups excluding carboxylic acids is 1. The summed E-state index contributed by atoms with van der Waals surface area (Å²) in [4.78, 5) is 21.6. The van der Waals surface area contributed by atoms with Gasteiger partial charge in [-0.25, -0.2) is 9.78 Å². The molecule has 0 aliphatic carbocycles. The van der Waals surface area contributed by atoms with E-state index in [1.54, 1.807) is 19.2 Å². The smallest absolute Gasteiger partial charge is 0.341 e. The van der Waals surface area contributed by atoms with Crippen molar-refractivity contribution in [2.45, 2.75) is 38.8 Å². The maximum atomic E-state index is 11.7. The van der Waals surface area contributed by atoms with Crippen molar-refractivity contribution in [1.29, 1.82) is 0 Å². The summed E-state index contributed by atoms with van der Waals surface area (Å²) in [6.07, 6.45) is 7.09. The lowest BCUT2D eigenvalue weighted by Crippen LogP contribution is -2.33. The predicted octanol–water partition coefficient (Wildman–Crippen LogP) is 2.82. The second-order valence-corrected chi connectivity index (χ2v) is 5.63. The van der Waals surface area contributed by atoms with Crippen LogP contribution < -0.4 is 0 Å². The molecule has 0 unspecified atom stereocenters. The lowest BCUT2D eigenvalue weighted by Gasteiger charge is -2.33. The van der Waals surface area contributed by atoms with Gasteiger partial charge in [0.25, 0.3) is 0 Å². The Morgan fingerprint density at radius 1 is 1.55 bits per heavy atom. The minimum Gasteiger partial charge on any atom is -0.465 e. The average Bonchev–Trinajstić information content (AvgIpc) is 3.17. The zero-order valence-corrected chi connectivity index (χ0v) is 13.0. The molecule has 1 N–H and O–H groups in total. The number of likely N-dealkylation sites (tertiary alicyclic amines) is 1. The van der Waals surface area contributed by atoms with E-state index in [1.165, 1.54) is 20.0 Å². The molecule has 6 heteroatoms. The number of hydrogen-bond acceptors (Lipinski definition) is 5. The fraction of sp³-hybridized carbons (Fsp3) is 0.500. The summed E-state index contributed by atoms with van der Waals surface area (Å²) >= 11 is 0. The number of aromatic nitrogens is 2. The Labute approximate surface area is 129 Å². The van der Waals surface area contributed by atoms with Crippen molar-refractivity contribution in [3.8, 4) is 0 Å². The van der Waals surface area contributed by atoms with Gasteiger partial charge in [-0.2, -0.15) is 0 Å². The number of piperidine rings is 1. The van der Waals surface area contributed by atoms with Gasteiger partial charge < -0.3 is 14.1 Å². The number of nitrogens with one attached hydrogen (secondary N) is 1. The van der Waals surface area contributed by atoms with Gasteiger partial charge in [0.05, 0.1) is 19.7 Å². The molecule has 0 saturated carbocycles. The first-order valence-electron chi connectivity index (χ1n) is 7.60. The van der Waals surface area contributed by atoms with Crippen molar-refractivity contribution in [1.82, 2.24) is 14.9 Å². The predicted molar refractivity (Wildman–Crippen MR) is 80.4 cm³/mol. The molecule has 22 heavy (non-hydrogen) atoms. The second kappa shape index (κ2) is 6.36. The van der Waals surface area contributed by atoms with Crippen LogP contribution in [0.4, 0.5) is 0 Å². The van der Waals surface area contributed by atoms with Crippen LogP contribution in [-0.4, -0.2) is 34.5 Å². The first kappa shape index (κ1) is 14.8. The molecular formula is C16H21N3O3. The topological polar surface area (TPSA) is 71.4 Å². The molecule has 1 aliphatic rings. The quantitative estimate of drug-likeness (QED) is 0.879. The molecule has 0 spiro atoms. The van der Waals surface area contributed by atoms with Gasteiger partial charge in [-0.1, -0.05) is 6.42 Å². The van der Waals surface area contributed by atoms with Crippen molar-refractivity contribution in [2.24, 2.45) is 0 Å². The Hall–Kier alpha value is -2.08. The number of esters is 1. The van der Waals surface area contributed by atoms with Crippen LogP contribution in [0.15, 0.2) is 22.9 Å². The molecule has 0 bridgehead atoms. The third-order valence-electron chi connectivity index (χ3n) is 4.18. The van der Waals surface area contributed by atoms with E-state index < -0.39 is 0 Å². The molecule has 1 atom stereocenters. The Kier molecular flexibility index (Phi) is 4.29. The van der Waals surface area contributed by atoms with Gasteiger partial charge in [-0.05, 0) is 32.4 Å². The largest absolute Gasteiger partial charge is 0.465 e. The van der Waals surface area contributed by atoms with E-state index in [4.69, 9.17) is 9.15 Å². The van der Waals surface area contributed by atoms with E-state index in [9.17, 15) is 4.79 Å². The van der Waals surface area contributed by atoms with E-state index in [1.807, 2.05) is 6.20 Å². The first-order chi connectivity index (χ1) is 10.7. The van der Waals surface area contributed by atoms with Crippen molar-refractivity contribution < 1.29 is 13.9 Å². The summed E-state index contributed by atoms with van der Waals surface area (Å²) in [7, 11) is 1.38. The number of carbonyl (C=O) groups is 1. The van der Waals surface area contributed by atoms with Gasteiger partial charge in [0.15, 0.2) is 0 Å². The van der Waals surface area contributed by atoms with Crippen LogP contribution in [-0.2, 0) is 11.3 Å². The molecule has 0 aromatic carbocycles. The molecule has 6 nitrogen and oxygen atoms in total. The van der Waals surface area contributed by atoms with Gasteiger partial charge in [-0.15, -0.1) is 0 Å². The summed E-state index contributed by atoms with van der Waals surface area (Å²) in [5, 5.41) is 0. The Morgan fingerprint density at radius 3 is 3.14 bits per heavy atom. The van der Waals surface area contributed by atoms with Crippen LogP contribution in [0.5, 0.6) is 0 Å². The van der Waals surface area contributed by atoms with Gasteiger partial charge in [0, 0.05) is 12.4 Å². The third-order valence-corrected chi connectivity index (χ3v) is 4.18.